The van der Waals surface area contributed by atoms with Gasteiger partial charge in [-0.2, -0.15) is 0 Å². The zero-order chi connectivity index (χ0) is 15.6. The van der Waals surface area contributed by atoms with Gasteiger partial charge in [-0.15, -0.1) is 0 Å². The van der Waals surface area contributed by atoms with Crippen molar-refractivity contribution >= 4 is 5.91 Å². The maximum Gasteiger partial charge on any atom is 0.222 e. The van der Waals surface area contributed by atoms with Crippen LogP contribution >= 0.6 is 0 Å². The molecular weight excluding hydrogens is 278 g/mol. The summed E-state index contributed by atoms with van der Waals surface area (Å²) in [7, 11) is 1.92. The van der Waals surface area contributed by atoms with Crippen LogP contribution in [0.4, 0.5) is 0 Å². The normalized spacial score (nSPS) is 19.0. The molecule has 2 N–H and O–H groups in total. The van der Waals surface area contributed by atoms with E-state index in [0.717, 1.165) is 39.1 Å². The second kappa shape index (κ2) is 9.56. The number of carbonyl (C=O) groups is 1. The van der Waals surface area contributed by atoms with Gasteiger partial charge in [0.25, 0.3) is 0 Å². The van der Waals surface area contributed by atoms with Gasteiger partial charge in [-0.1, -0.05) is 30.3 Å². The van der Waals surface area contributed by atoms with Crippen LogP contribution in [0.2, 0.25) is 0 Å². The Labute approximate surface area is 133 Å². The molecule has 1 aromatic rings. The maximum atomic E-state index is 11.9. The fraction of sp³-hybridized carbons (Fsp3) is 0.588. The lowest BCUT2D eigenvalue weighted by Gasteiger charge is -2.32. The van der Waals surface area contributed by atoms with Crippen LogP contribution in [-0.2, 0) is 16.1 Å². The lowest BCUT2D eigenvalue weighted by molar-refractivity contribution is -0.126. The highest BCUT2D eigenvalue weighted by Gasteiger charge is 2.22. The maximum absolute atomic E-state index is 11.9. The molecule has 0 saturated carbocycles. The van der Waals surface area contributed by atoms with Crippen molar-refractivity contribution in [3.8, 4) is 0 Å². The van der Waals surface area contributed by atoms with Gasteiger partial charge in [-0.3, -0.25) is 9.69 Å². The molecule has 122 valence electrons. The number of hydrogen-bond acceptors (Lipinski definition) is 4. The molecular formula is C17H27N3O2. The van der Waals surface area contributed by atoms with Crippen molar-refractivity contribution in [2.24, 2.45) is 0 Å². The number of ether oxygens (including phenoxy) is 1. The summed E-state index contributed by atoms with van der Waals surface area (Å²) in [4.78, 5) is 14.3. The number of amides is 1. The number of nitrogens with zero attached hydrogens (tertiary/aromatic N) is 1. The molecule has 1 aromatic carbocycles. The Bertz CT molecular complexity index is 439. The summed E-state index contributed by atoms with van der Waals surface area (Å²) in [5.74, 6) is 0.0858. The van der Waals surface area contributed by atoms with Crippen LogP contribution in [0.25, 0.3) is 0 Å². The number of nitrogens with one attached hydrogen (secondary N) is 2. The predicted octanol–water partition coefficient (Wildman–Crippen LogP) is 1.00. The zero-order valence-corrected chi connectivity index (χ0v) is 13.4. The summed E-state index contributed by atoms with van der Waals surface area (Å²) < 4.78 is 5.73. The minimum Gasteiger partial charge on any atom is -0.375 e. The van der Waals surface area contributed by atoms with Gasteiger partial charge >= 0.3 is 0 Å². The first-order valence-corrected chi connectivity index (χ1v) is 8.07. The largest absolute Gasteiger partial charge is 0.375 e. The van der Waals surface area contributed by atoms with E-state index in [1.165, 1.54) is 5.56 Å². The van der Waals surface area contributed by atoms with Crippen molar-refractivity contribution in [3.05, 3.63) is 35.9 Å². The summed E-state index contributed by atoms with van der Waals surface area (Å²) in [6.45, 7) is 5.01. The molecule has 1 saturated heterocycles. The van der Waals surface area contributed by atoms with Gasteiger partial charge in [-0.25, -0.2) is 0 Å². The van der Waals surface area contributed by atoms with Gasteiger partial charge < -0.3 is 15.4 Å². The molecule has 22 heavy (non-hydrogen) atoms. The molecule has 1 unspecified atom stereocenters. The monoisotopic (exact) mass is 305 g/mol. The van der Waals surface area contributed by atoms with Gasteiger partial charge in [0.2, 0.25) is 5.91 Å². The van der Waals surface area contributed by atoms with Crippen molar-refractivity contribution < 1.29 is 9.53 Å². The first-order chi connectivity index (χ1) is 10.8. The fourth-order valence-electron chi connectivity index (χ4n) is 2.66. The third kappa shape index (κ3) is 6.13. The van der Waals surface area contributed by atoms with E-state index in [4.69, 9.17) is 4.74 Å². The summed E-state index contributed by atoms with van der Waals surface area (Å²) in [6.07, 6.45) is 1.40. The van der Waals surface area contributed by atoms with Crippen LogP contribution in [0.5, 0.6) is 0 Å². The molecule has 5 nitrogen and oxygen atoms in total. The highest BCUT2D eigenvalue weighted by molar-refractivity contribution is 5.76. The highest BCUT2D eigenvalue weighted by atomic mass is 16.5. The fourth-order valence-corrected chi connectivity index (χ4v) is 2.66. The Morgan fingerprint density at radius 1 is 1.32 bits per heavy atom. The third-order valence-electron chi connectivity index (χ3n) is 3.81. The number of morpholine rings is 1. The van der Waals surface area contributed by atoms with E-state index in [0.29, 0.717) is 13.0 Å². The quantitative estimate of drug-likeness (QED) is 0.704. The molecule has 5 heteroatoms. The van der Waals surface area contributed by atoms with Crippen LogP contribution in [0.15, 0.2) is 30.3 Å². The molecule has 1 aliphatic rings. The molecule has 0 spiro atoms. The van der Waals surface area contributed by atoms with Gasteiger partial charge in [0, 0.05) is 26.2 Å². The topological polar surface area (TPSA) is 53.6 Å². The van der Waals surface area contributed by atoms with Crippen LogP contribution in [-0.4, -0.2) is 56.7 Å². The smallest absolute Gasteiger partial charge is 0.222 e. The SMILES string of the molecule is CNCCCNC(=O)CC1CN(Cc2ccccc2)CCO1. The molecule has 0 aliphatic carbocycles. The first-order valence-electron chi connectivity index (χ1n) is 8.07. The lowest BCUT2D eigenvalue weighted by atomic mass is 10.1. The van der Waals surface area contributed by atoms with Crippen LogP contribution in [0, 0.1) is 0 Å². The van der Waals surface area contributed by atoms with E-state index in [-0.39, 0.29) is 12.0 Å². The predicted molar refractivity (Wildman–Crippen MR) is 87.6 cm³/mol. The van der Waals surface area contributed by atoms with Gasteiger partial charge in [0.1, 0.15) is 0 Å². The van der Waals surface area contributed by atoms with E-state index in [9.17, 15) is 4.79 Å². The highest BCUT2D eigenvalue weighted by Crippen LogP contribution is 2.12. The van der Waals surface area contributed by atoms with Gasteiger partial charge in [0.05, 0.1) is 19.1 Å². The molecule has 1 heterocycles. The third-order valence-corrected chi connectivity index (χ3v) is 3.81. The van der Waals surface area contributed by atoms with Crippen LogP contribution in [0.3, 0.4) is 0 Å². The zero-order valence-electron chi connectivity index (χ0n) is 13.4. The molecule has 0 bridgehead atoms. The summed E-state index contributed by atoms with van der Waals surface area (Å²) in [5, 5.41) is 6.02. The molecule has 1 amide bonds. The Morgan fingerprint density at radius 3 is 2.91 bits per heavy atom. The number of carbonyl (C=O) groups excluding carboxylic acids is 1. The van der Waals surface area contributed by atoms with E-state index < -0.39 is 0 Å². The summed E-state index contributed by atoms with van der Waals surface area (Å²) >= 11 is 0. The molecule has 2 rings (SSSR count). The minimum absolute atomic E-state index is 0.00163. The van der Waals surface area contributed by atoms with Crippen molar-refractivity contribution in [2.75, 3.05) is 39.8 Å². The minimum atomic E-state index is 0.00163. The van der Waals surface area contributed by atoms with Crippen molar-refractivity contribution in [1.29, 1.82) is 0 Å². The number of rotatable bonds is 8. The number of hydrogen-bond donors (Lipinski definition) is 2. The lowest BCUT2D eigenvalue weighted by Crippen LogP contribution is -2.44. The van der Waals surface area contributed by atoms with Crippen molar-refractivity contribution in [3.63, 3.8) is 0 Å². The Kier molecular flexibility index (Phi) is 7.36. The second-order valence-corrected chi connectivity index (χ2v) is 5.72. The Hall–Kier alpha value is -1.43. The summed E-state index contributed by atoms with van der Waals surface area (Å²) in [5.41, 5.74) is 1.31. The van der Waals surface area contributed by atoms with E-state index in [2.05, 4.69) is 39.8 Å². The van der Waals surface area contributed by atoms with Crippen molar-refractivity contribution in [1.82, 2.24) is 15.5 Å². The van der Waals surface area contributed by atoms with E-state index in [1.807, 2.05) is 13.1 Å². The Morgan fingerprint density at radius 2 is 2.14 bits per heavy atom. The van der Waals surface area contributed by atoms with E-state index >= 15 is 0 Å². The van der Waals surface area contributed by atoms with Crippen molar-refractivity contribution in [2.45, 2.75) is 25.5 Å². The molecule has 0 radical (unpaired) electrons. The first kappa shape index (κ1) is 16.9. The second-order valence-electron chi connectivity index (χ2n) is 5.72. The average Bonchev–Trinajstić information content (AvgIpc) is 2.53. The van der Waals surface area contributed by atoms with Crippen LogP contribution in [0.1, 0.15) is 18.4 Å². The molecule has 1 fully saturated rings. The van der Waals surface area contributed by atoms with Gasteiger partial charge in [-0.05, 0) is 25.6 Å². The van der Waals surface area contributed by atoms with Crippen LogP contribution < -0.4 is 10.6 Å². The molecule has 1 atom stereocenters. The molecule has 0 aromatic heterocycles. The Balaban J connectivity index is 1.70. The number of benzene rings is 1. The van der Waals surface area contributed by atoms with Gasteiger partial charge in [0.15, 0.2) is 0 Å². The average molecular weight is 305 g/mol. The standard InChI is InChI=1S/C17H27N3O2/c1-18-8-5-9-19-17(21)12-16-14-20(10-11-22-16)13-15-6-3-2-4-7-15/h2-4,6-7,16,18H,5,8-14H2,1H3,(H,19,21). The summed E-state index contributed by atoms with van der Waals surface area (Å²) in [6, 6.07) is 10.4. The molecule has 1 aliphatic heterocycles. The van der Waals surface area contributed by atoms with E-state index in [1.54, 1.807) is 0 Å².